The Morgan fingerprint density at radius 2 is 1.64 bits per heavy atom. The first-order valence-electron chi connectivity index (χ1n) is 7.60. The molecule has 0 spiro atoms. The van der Waals surface area contributed by atoms with Crippen LogP contribution in [0, 0.1) is 0 Å². The fourth-order valence-electron chi connectivity index (χ4n) is 2.20. The van der Waals surface area contributed by atoms with Gasteiger partial charge in [0.15, 0.2) is 0 Å². The van der Waals surface area contributed by atoms with Crippen molar-refractivity contribution in [2.24, 2.45) is 0 Å². The van der Waals surface area contributed by atoms with Gasteiger partial charge in [-0.2, -0.15) is 0 Å². The van der Waals surface area contributed by atoms with E-state index in [0.29, 0.717) is 33.8 Å². The van der Waals surface area contributed by atoms with Crippen LogP contribution in [-0.2, 0) is 16.1 Å². The molecule has 2 aromatic carbocycles. The SMILES string of the molecule is CC(=O)N(CCC(=O)Nc1ccc(Cl)cc1Cl)Cc1ccc(Cl)cc1. The number of carbonyl (C=O) groups is 2. The summed E-state index contributed by atoms with van der Waals surface area (Å²) in [5.41, 5.74) is 1.43. The van der Waals surface area contributed by atoms with E-state index >= 15 is 0 Å². The normalized spacial score (nSPS) is 10.4. The molecule has 0 unspecified atom stereocenters. The number of nitrogens with one attached hydrogen (secondary N) is 1. The first-order valence-corrected chi connectivity index (χ1v) is 8.73. The molecular formula is C18H17Cl3N2O2. The third-order valence-electron chi connectivity index (χ3n) is 3.55. The number of amides is 2. The maximum atomic E-state index is 12.1. The van der Waals surface area contributed by atoms with Crippen molar-refractivity contribution in [3.05, 3.63) is 63.1 Å². The van der Waals surface area contributed by atoms with Crippen LogP contribution in [0.4, 0.5) is 5.69 Å². The van der Waals surface area contributed by atoms with Gasteiger partial charge in [0, 0.05) is 36.5 Å². The summed E-state index contributed by atoms with van der Waals surface area (Å²) in [6.45, 7) is 2.19. The minimum Gasteiger partial charge on any atom is -0.338 e. The molecule has 4 nitrogen and oxygen atoms in total. The number of halogens is 3. The molecule has 0 aliphatic heterocycles. The molecule has 0 aliphatic rings. The molecule has 25 heavy (non-hydrogen) atoms. The lowest BCUT2D eigenvalue weighted by molar-refractivity contribution is -0.129. The molecule has 132 valence electrons. The van der Waals surface area contributed by atoms with Crippen LogP contribution in [0.5, 0.6) is 0 Å². The molecule has 0 saturated heterocycles. The van der Waals surface area contributed by atoms with Gasteiger partial charge in [-0.05, 0) is 35.9 Å². The highest BCUT2D eigenvalue weighted by Crippen LogP contribution is 2.25. The summed E-state index contributed by atoms with van der Waals surface area (Å²) in [4.78, 5) is 25.5. The van der Waals surface area contributed by atoms with Crippen LogP contribution < -0.4 is 5.32 Å². The van der Waals surface area contributed by atoms with Gasteiger partial charge in [-0.3, -0.25) is 9.59 Å². The van der Waals surface area contributed by atoms with Crippen molar-refractivity contribution >= 4 is 52.3 Å². The summed E-state index contributed by atoms with van der Waals surface area (Å²) in [7, 11) is 0. The molecule has 0 bridgehead atoms. The van der Waals surface area contributed by atoms with E-state index in [0.717, 1.165) is 5.56 Å². The topological polar surface area (TPSA) is 49.4 Å². The highest BCUT2D eigenvalue weighted by Gasteiger charge is 2.13. The number of nitrogens with zero attached hydrogens (tertiary/aromatic N) is 1. The highest BCUT2D eigenvalue weighted by molar-refractivity contribution is 6.36. The van der Waals surface area contributed by atoms with Gasteiger partial charge in [-0.1, -0.05) is 46.9 Å². The molecule has 2 amide bonds. The molecule has 0 aliphatic carbocycles. The number of hydrogen-bond acceptors (Lipinski definition) is 2. The lowest BCUT2D eigenvalue weighted by Gasteiger charge is -2.21. The van der Waals surface area contributed by atoms with Gasteiger partial charge in [-0.15, -0.1) is 0 Å². The summed E-state index contributed by atoms with van der Waals surface area (Å²) >= 11 is 17.7. The van der Waals surface area contributed by atoms with Crippen molar-refractivity contribution in [2.45, 2.75) is 19.9 Å². The van der Waals surface area contributed by atoms with Gasteiger partial charge in [0.2, 0.25) is 11.8 Å². The summed E-state index contributed by atoms with van der Waals surface area (Å²) < 4.78 is 0. The molecule has 0 radical (unpaired) electrons. The fraction of sp³-hybridized carbons (Fsp3) is 0.222. The van der Waals surface area contributed by atoms with Crippen molar-refractivity contribution in [2.75, 3.05) is 11.9 Å². The molecule has 0 saturated carbocycles. The average Bonchev–Trinajstić information content (AvgIpc) is 2.55. The Morgan fingerprint density at radius 3 is 2.24 bits per heavy atom. The van der Waals surface area contributed by atoms with Crippen LogP contribution in [-0.4, -0.2) is 23.3 Å². The molecule has 2 rings (SSSR count). The highest BCUT2D eigenvalue weighted by atomic mass is 35.5. The predicted octanol–water partition coefficient (Wildman–Crippen LogP) is 5.02. The second kappa shape index (κ2) is 9.09. The molecule has 2 aromatic rings. The summed E-state index contributed by atoms with van der Waals surface area (Å²) in [6.07, 6.45) is 0.159. The first-order chi connectivity index (χ1) is 11.8. The standard InChI is InChI=1S/C18H17Cl3N2O2/c1-12(24)23(11-13-2-4-14(19)5-3-13)9-8-18(25)22-17-7-6-15(20)10-16(17)21/h2-7,10H,8-9,11H2,1H3,(H,22,25). The molecule has 1 N–H and O–H groups in total. The average molecular weight is 400 g/mol. The lowest BCUT2D eigenvalue weighted by atomic mass is 10.2. The van der Waals surface area contributed by atoms with Crippen LogP contribution >= 0.6 is 34.8 Å². The van der Waals surface area contributed by atoms with Crippen LogP contribution in [0.3, 0.4) is 0 Å². The van der Waals surface area contributed by atoms with Gasteiger partial charge in [0.25, 0.3) is 0 Å². The van der Waals surface area contributed by atoms with Crippen molar-refractivity contribution < 1.29 is 9.59 Å². The van der Waals surface area contributed by atoms with Crippen molar-refractivity contribution in [3.8, 4) is 0 Å². The molecule has 0 atom stereocenters. The number of rotatable bonds is 6. The summed E-state index contributed by atoms with van der Waals surface area (Å²) in [5.74, 6) is -0.334. The van der Waals surface area contributed by atoms with Gasteiger partial charge in [0.1, 0.15) is 0 Å². The van der Waals surface area contributed by atoms with Crippen molar-refractivity contribution in [1.82, 2.24) is 4.90 Å². The molecule has 0 fully saturated rings. The number of anilines is 1. The predicted molar refractivity (Wildman–Crippen MR) is 102 cm³/mol. The van der Waals surface area contributed by atoms with Crippen molar-refractivity contribution in [3.63, 3.8) is 0 Å². The van der Waals surface area contributed by atoms with Gasteiger partial charge in [0.05, 0.1) is 10.7 Å². The zero-order valence-electron chi connectivity index (χ0n) is 13.6. The largest absolute Gasteiger partial charge is 0.338 e. The van der Waals surface area contributed by atoms with E-state index in [1.807, 2.05) is 12.1 Å². The first kappa shape index (κ1) is 19.6. The maximum absolute atomic E-state index is 12.1. The Hall–Kier alpha value is -1.75. The monoisotopic (exact) mass is 398 g/mol. The zero-order chi connectivity index (χ0) is 18.4. The third-order valence-corrected chi connectivity index (χ3v) is 4.35. The van der Waals surface area contributed by atoms with E-state index in [9.17, 15) is 9.59 Å². The molecule has 7 heteroatoms. The Labute approximate surface area is 161 Å². The van der Waals surface area contributed by atoms with E-state index in [-0.39, 0.29) is 18.2 Å². The second-order valence-electron chi connectivity index (χ2n) is 5.49. The van der Waals surface area contributed by atoms with Crippen LogP contribution in [0.1, 0.15) is 18.9 Å². The fourth-order valence-corrected chi connectivity index (χ4v) is 2.78. The minimum atomic E-state index is -0.230. The van der Waals surface area contributed by atoms with Crippen LogP contribution in [0.2, 0.25) is 15.1 Å². The molecule has 0 heterocycles. The minimum absolute atomic E-state index is 0.104. The Morgan fingerprint density at radius 1 is 1.00 bits per heavy atom. The Bertz CT molecular complexity index is 763. The lowest BCUT2D eigenvalue weighted by Crippen LogP contribution is -2.31. The molecular weight excluding hydrogens is 383 g/mol. The zero-order valence-corrected chi connectivity index (χ0v) is 15.8. The van der Waals surface area contributed by atoms with E-state index in [1.54, 1.807) is 35.2 Å². The Kier molecular flexibility index (Phi) is 7.12. The van der Waals surface area contributed by atoms with Crippen LogP contribution in [0.15, 0.2) is 42.5 Å². The second-order valence-corrected chi connectivity index (χ2v) is 6.77. The van der Waals surface area contributed by atoms with Crippen molar-refractivity contribution in [1.29, 1.82) is 0 Å². The Balaban J connectivity index is 1.92. The number of benzene rings is 2. The van der Waals surface area contributed by atoms with E-state index in [2.05, 4.69) is 5.32 Å². The van der Waals surface area contributed by atoms with E-state index < -0.39 is 0 Å². The van der Waals surface area contributed by atoms with Gasteiger partial charge in [-0.25, -0.2) is 0 Å². The summed E-state index contributed by atoms with van der Waals surface area (Å²) in [5, 5.41) is 4.21. The van der Waals surface area contributed by atoms with E-state index in [4.69, 9.17) is 34.8 Å². The smallest absolute Gasteiger partial charge is 0.226 e. The quantitative estimate of drug-likeness (QED) is 0.741. The van der Waals surface area contributed by atoms with Gasteiger partial charge >= 0.3 is 0 Å². The maximum Gasteiger partial charge on any atom is 0.226 e. The van der Waals surface area contributed by atoms with Crippen LogP contribution in [0.25, 0.3) is 0 Å². The molecule has 0 aromatic heterocycles. The van der Waals surface area contributed by atoms with E-state index in [1.165, 1.54) is 6.92 Å². The number of hydrogen-bond donors (Lipinski definition) is 1. The van der Waals surface area contributed by atoms with Gasteiger partial charge < -0.3 is 10.2 Å². The number of carbonyl (C=O) groups excluding carboxylic acids is 2. The summed E-state index contributed by atoms with van der Waals surface area (Å²) in [6, 6.07) is 12.1. The third kappa shape index (κ3) is 6.24.